The highest BCUT2D eigenvalue weighted by molar-refractivity contribution is 7.98. The molecule has 9 nitrogen and oxygen atoms in total. The summed E-state index contributed by atoms with van der Waals surface area (Å²) >= 11 is 1.19. The van der Waals surface area contributed by atoms with Crippen LogP contribution in [0, 0.1) is 0 Å². The first-order chi connectivity index (χ1) is 10.6. The van der Waals surface area contributed by atoms with E-state index in [0.29, 0.717) is 6.42 Å². The van der Waals surface area contributed by atoms with E-state index in [9.17, 15) is 30.0 Å². The maximum absolute atomic E-state index is 11.8. The third kappa shape index (κ3) is 3.47. The molecule has 1 rings (SSSR count). The topological polar surface area (TPSA) is 170 Å². The molecule has 0 bridgehead atoms. The van der Waals surface area contributed by atoms with E-state index in [2.05, 4.69) is 0 Å². The van der Waals surface area contributed by atoms with Gasteiger partial charge >= 0.3 is 5.97 Å². The standard InChI is InChI=1S/C13H25N3O6S/c1-3-4-16-7(11(14)20)8(18)9(19)10(16)13(15,12(21)22)6(17)5-23-2/h6-10,17-19H,3-5,15H2,1-2H3,(H2,14,20)(H,21,22). The summed E-state index contributed by atoms with van der Waals surface area (Å²) in [5.41, 5.74) is 9.00. The molecule has 23 heavy (non-hydrogen) atoms. The summed E-state index contributed by atoms with van der Waals surface area (Å²) in [6.07, 6.45) is -2.52. The Kier molecular flexibility index (Phi) is 6.81. The minimum atomic E-state index is -2.26. The van der Waals surface area contributed by atoms with Gasteiger partial charge in [-0.25, -0.2) is 0 Å². The number of carbonyl (C=O) groups is 2. The Morgan fingerprint density at radius 1 is 1.35 bits per heavy atom. The Labute approximate surface area is 138 Å². The van der Waals surface area contributed by atoms with Crippen LogP contribution in [0.5, 0.6) is 0 Å². The van der Waals surface area contributed by atoms with Crippen molar-refractivity contribution in [2.24, 2.45) is 11.5 Å². The number of aliphatic hydroxyl groups is 3. The first kappa shape index (κ1) is 20.1. The zero-order valence-corrected chi connectivity index (χ0v) is 13.9. The number of hydrogen-bond acceptors (Lipinski definition) is 8. The SMILES string of the molecule is CCCN1C(C(N)=O)C(O)C(O)C1C(N)(C(=O)O)C(O)CSC. The van der Waals surface area contributed by atoms with E-state index in [1.54, 1.807) is 13.2 Å². The first-order valence-electron chi connectivity index (χ1n) is 7.24. The Bertz CT molecular complexity index is 453. The summed E-state index contributed by atoms with van der Waals surface area (Å²) in [6.45, 7) is 1.97. The molecule has 0 aromatic heterocycles. The van der Waals surface area contributed by atoms with Crippen molar-refractivity contribution in [2.45, 2.75) is 49.3 Å². The van der Waals surface area contributed by atoms with E-state index in [1.807, 2.05) is 0 Å². The molecule has 0 spiro atoms. The molecule has 0 aromatic carbocycles. The van der Waals surface area contributed by atoms with Crippen molar-refractivity contribution in [1.82, 2.24) is 4.90 Å². The number of likely N-dealkylation sites (tertiary alicyclic amines) is 1. The molecule has 0 saturated carbocycles. The van der Waals surface area contributed by atoms with Gasteiger partial charge in [-0.15, -0.1) is 0 Å². The van der Waals surface area contributed by atoms with Gasteiger partial charge in [0.1, 0.15) is 12.1 Å². The van der Waals surface area contributed by atoms with Crippen LogP contribution in [-0.2, 0) is 9.59 Å². The van der Waals surface area contributed by atoms with Gasteiger partial charge < -0.3 is 31.9 Å². The molecule has 6 unspecified atom stereocenters. The lowest BCUT2D eigenvalue weighted by Crippen LogP contribution is -2.71. The number of carboxylic acid groups (broad SMARTS) is 1. The molecule has 8 N–H and O–H groups in total. The molecule has 10 heteroatoms. The fourth-order valence-corrected chi connectivity index (χ4v) is 3.72. The quantitative estimate of drug-likeness (QED) is 0.269. The Morgan fingerprint density at radius 2 is 1.91 bits per heavy atom. The number of carbonyl (C=O) groups excluding carboxylic acids is 1. The van der Waals surface area contributed by atoms with Gasteiger partial charge in [0.25, 0.3) is 0 Å². The van der Waals surface area contributed by atoms with Crippen LogP contribution in [-0.4, -0.2) is 91.7 Å². The van der Waals surface area contributed by atoms with E-state index < -0.39 is 47.8 Å². The van der Waals surface area contributed by atoms with Gasteiger partial charge in [-0.3, -0.25) is 14.5 Å². The van der Waals surface area contributed by atoms with E-state index in [-0.39, 0.29) is 12.3 Å². The molecule has 1 aliphatic rings. The number of aliphatic carboxylic acids is 1. The number of rotatable bonds is 8. The molecule has 6 atom stereocenters. The number of nitrogens with two attached hydrogens (primary N) is 2. The Hall–Kier alpha value is -0.910. The van der Waals surface area contributed by atoms with Gasteiger partial charge in [-0.2, -0.15) is 11.8 Å². The fourth-order valence-electron chi connectivity index (χ4n) is 3.13. The van der Waals surface area contributed by atoms with E-state index in [1.165, 1.54) is 16.7 Å². The van der Waals surface area contributed by atoms with Gasteiger partial charge in [0.05, 0.1) is 18.2 Å². The molecule has 1 fully saturated rings. The minimum absolute atomic E-state index is 0.0172. The summed E-state index contributed by atoms with van der Waals surface area (Å²) in [4.78, 5) is 24.7. The zero-order valence-electron chi connectivity index (χ0n) is 13.1. The summed E-state index contributed by atoms with van der Waals surface area (Å²) in [6, 6.07) is -2.62. The van der Waals surface area contributed by atoms with Crippen LogP contribution in [0.2, 0.25) is 0 Å². The average Bonchev–Trinajstić information content (AvgIpc) is 2.70. The molecule has 1 aliphatic heterocycles. The van der Waals surface area contributed by atoms with Crippen molar-refractivity contribution >= 4 is 23.6 Å². The maximum Gasteiger partial charge on any atom is 0.328 e. The summed E-state index contributed by atoms with van der Waals surface area (Å²) < 4.78 is 0. The predicted octanol–water partition coefficient (Wildman–Crippen LogP) is -2.84. The highest BCUT2D eigenvalue weighted by Gasteiger charge is 2.62. The van der Waals surface area contributed by atoms with Gasteiger partial charge in [-0.1, -0.05) is 6.92 Å². The largest absolute Gasteiger partial charge is 0.480 e. The fraction of sp³-hybridized carbons (Fsp3) is 0.846. The van der Waals surface area contributed by atoms with Crippen LogP contribution in [0.3, 0.4) is 0 Å². The van der Waals surface area contributed by atoms with E-state index >= 15 is 0 Å². The minimum Gasteiger partial charge on any atom is -0.480 e. The Balaban J connectivity index is 3.37. The van der Waals surface area contributed by atoms with E-state index in [0.717, 1.165) is 0 Å². The number of primary amides is 1. The van der Waals surface area contributed by atoms with Gasteiger partial charge in [-0.05, 0) is 19.2 Å². The lowest BCUT2D eigenvalue weighted by Gasteiger charge is -2.41. The first-order valence-corrected chi connectivity index (χ1v) is 8.64. The monoisotopic (exact) mass is 351 g/mol. The number of nitrogens with zero attached hydrogens (tertiary/aromatic N) is 1. The van der Waals surface area contributed by atoms with Crippen LogP contribution in [0.1, 0.15) is 13.3 Å². The van der Waals surface area contributed by atoms with Crippen molar-refractivity contribution in [3.63, 3.8) is 0 Å². The van der Waals surface area contributed by atoms with E-state index in [4.69, 9.17) is 11.5 Å². The number of aliphatic hydroxyl groups excluding tert-OH is 3. The van der Waals surface area contributed by atoms with Crippen molar-refractivity contribution in [3.8, 4) is 0 Å². The van der Waals surface area contributed by atoms with Gasteiger partial charge in [0.15, 0.2) is 5.54 Å². The molecule has 0 radical (unpaired) electrons. The second-order valence-corrected chi connectivity index (χ2v) is 6.63. The molecule has 0 aromatic rings. The predicted molar refractivity (Wildman–Crippen MR) is 84.7 cm³/mol. The number of carboxylic acids is 1. The second-order valence-electron chi connectivity index (χ2n) is 5.72. The third-order valence-corrected chi connectivity index (χ3v) is 4.87. The molecular formula is C13H25N3O6S. The van der Waals surface area contributed by atoms with Crippen LogP contribution < -0.4 is 11.5 Å². The lowest BCUT2D eigenvalue weighted by atomic mass is 9.82. The van der Waals surface area contributed by atoms with Crippen LogP contribution in [0.15, 0.2) is 0 Å². The third-order valence-electron chi connectivity index (χ3n) is 4.22. The normalized spacial score (nSPS) is 32.4. The highest BCUT2D eigenvalue weighted by Crippen LogP contribution is 2.34. The maximum atomic E-state index is 11.8. The second kappa shape index (κ2) is 7.77. The molecular weight excluding hydrogens is 326 g/mol. The zero-order chi connectivity index (χ0) is 17.9. The highest BCUT2D eigenvalue weighted by atomic mass is 32.2. The van der Waals surface area contributed by atoms with Gasteiger partial charge in [0, 0.05) is 5.75 Å². The smallest absolute Gasteiger partial charge is 0.328 e. The van der Waals surface area contributed by atoms with Crippen LogP contribution in [0.4, 0.5) is 0 Å². The molecule has 1 amide bonds. The lowest BCUT2D eigenvalue weighted by molar-refractivity contribution is -0.154. The van der Waals surface area contributed by atoms with Crippen LogP contribution >= 0.6 is 11.8 Å². The molecule has 1 saturated heterocycles. The van der Waals surface area contributed by atoms with Crippen LogP contribution in [0.25, 0.3) is 0 Å². The van der Waals surface area contributed by atoms with Crippen molar-refractivity contribution in [3.05, 3.63) is 0 Å². The molecule has 134 valence electrons. The van der Waals surface area contributed by atoms with Crippen molar-refractivity contribution in [2.75, 3.05) is 18.6 Å². The van der Waals surface area contributed by atoms with Crippen molar-refractivity contribution < 1.29 is 30.0 Å². The average molecular weight is 351 g/mol. The number of hydrogen-bond donors (Lipinski definition) is 6. The summed E-state index contributed by atoms with van der Waals surface area (Å²) in [5, 5.41) is 40.3. The van der Waals surface area contributed by atoms with Gasteiger partial charge in [0.2, 0.25) is 5.91 Å². The molecule has 0 aliphatic carbocycles. The number of thioether (sulfide) groups is 1. The summed E-state index contributed by atoms with van der Waals surface area (Å²) in [5.74, 6) is -2.40. The Morgan fingerprint density at radius 3 is 2.30 bits per heavy atom. The number of amides is 1. The summed E-state index contributed by atoms with van der Waals surface area (Å²) in [7, 11) is 0. The molecule has 1 heterocycles. The van der Waals surface area contributed by atoms with Crippen molar-refractivity contribution in [1.29, 1.82) is 0 Å².